The molecule has 0 saturated heterocycles. The average Bonchev–Trinajstić information content (AvgIpc) is 2.72. The first kappa shape index (κ1) is 20.2. The molecule has 134 valence electrons. The largest absolute Gasteiger partial charge is 0.414 e. The highest BCUT2D eigenvalue weighted by Crippen LogP contribution is 2.41. The van der Waals surface area contributed by atoms with Crippen LogP contribution in [0.25, 0.3) is 0 Å². The fourth-order valence-corrected chi connectivity index (χ4v) is 4.05. The van der Waals surface area contributed by atoms with Crippen LogP contribution in [0.2, 0.25) is 18.1 Å². The van der Waals surface area contributed by atoms with Crippen LogP contribution in [-0.4, -0.2) is 25.8 Å². The lowest BCUT2D eigenvalue weighted by atomic mass is 10.0. The van der Waals surface area contributed by atoms with E-state index in [-0.39, 0.29) is 10.6 Å². The highest BCUT2D eigenvalue weighted by molar-refractivity contribution is 6.74. The van der Waals surface area contributed by atoms with Gasteiger partial charge in [0.25, 0.3) is 0 Å². The standard InChI is InChI=1S/C18H37N3OSi/c1-17(2,3)21-16(20)12-15(19)13-9-10-14(11-13)22-23(7,8)18(4,5)6/h12-14H,9-11,19H2,1-8H3,(H2,20,21)/b15-12-/t13-,14+/m0/s1. The molecule has 2 atom stereocenters. The highest BCUT2D eigenvalue weighted by atomic mass is 28.4. The molecule has 0 aromatic heterocycles. The number of aliphatic imine (C=N–C) groups is 1. The van der Waals surface area contributed by atoms with Crippen LogP contribution in [0.15, 0.2) is 16.8 Å². The van der Waals surface area contributed by atoms with Crippen LogP contribution in [0.1, 0.15) is 60.8 Å². The van der Waals surface area contributed by atoms with E-state index in [4.69, 9.17) is 15.9 Å². The van der Waals surface area contributed by atoms with Crippen LogP contribution in [0.5, 0.6) is 0 Å². The molecule has 0 aliphatic heterocycles. The van der Waals surface area contributed by atoms with Crippen LogP contribution in [-0.2, 0) is 4.43 Å². The van der Waals surface area contributed by atoms with Gasteiger partial charge >= 0.3 is 0 Å². The van der Waals surface area contributed by atoms with Gasteiger partial charge in [-0.05, 0) is 64.2 Å². The van der Waals surface area contributed by atoms with Gasteiger partial charge in [-0.15, -0.1) is 0 Å². The molecule has 1 saturated carbocycles. The van der Waals surface area contributed by atoms with Gasteiger partial charge in [-0.2, -0.15) is 0 Å². The molecule has 0 unspecified atom stereocenters. The SMILES string of the molecule is CC(C)(C)N=C(N)/C=C(\N)[C@H]1CC[C@@H](O[Si](C)(C)C(C)(C)C)C1. The molecule has 0 radical (unpaired) electrons. The zero-order chi connectivity index (χ0) is 18.1. The maximum Gasteiger partial charge on any atom is 0.192 e. The molecular formula is C18H37N3OSi. The van der Waals surface area contributed by atoms with Crippen molar-refractivity contribution in [1.82, 2.24) is 0 Å². The van der Waals surface area contributed by atoms with Crippen molar-refractivity contribution >= 4 is 14.2 Å². The summed E-state index contributed by atoms with van der Waals surface area (Å²) in [4.78, 5) is 4.45. The summed E-state index contributed by atoms with van der Waals surface area (Å²) in [5.74, 6) is 0.877. The number of amidine groups is 1. The third-order valence-corrected chi connectivity index (χ3v) is 9.44. The van der Waals surface area contributed by atoms with E-state index < -0.39 is 8.32 Å². The molecule has 1 fully saturated rings. The fourth-order valence-electron chi connectivity index (χ4n) is 2.65. The van der Waals surface area contributed by atoms with Gasteiger partial charge in [-0.25, -0.2) is 0 Å². The van der Waals surface area contributed by atoms with Crippen molar-refractivity contribution in [3.8, 4) is 0 Å². The molecular weight excluding hydrogens is 302 g/mol. The molecule has 0 bridgehead atoms. The molecule has 0 spiro atoms. The Balaban J connectivity index is 2.69. The van der Waals surface area contributed by atoms with Gasteiger partial charge < -0.3 is 15.9 Å². The zero-order valence-electron chi connectivity index (χ0n) is 16.4. The van der Waals surface area contributed by atoms with E-state index in [1.807, 2.05) is 26.8 Å². The maximum absolute atomic E-state index is 6.52. The minimum Gasteiger partial charge on any atom is -0.414 e. The lowest BCUT2D eigenvalue weighted by Crippen LogP contribution is -2.43. The molecule has 0 amide bonds. The molecule has 4 N–H and O–H groups in total. The summed E-state index contributed by atoms with van der Waals surface area (Å²) in [6.07, 6.45) is 5.32. The number of hydrogen-bond donors (Lipinski definition) is 2. The smallest absolute Gasteiger partial charge is 0.192 e. The summed E-state index contributed by atoms with van der Waals surface area (Å²) in [6.45, 7) is 17.6. The molecule has 4 nitrogen and oxygen atoms in total. The number of nitrogens with zero attached hydrogens (tertiary/aromatic N) is 1. The normalized spacial score (nSPS) is 25.0. The van der Waals surface area contributed by atoms with Crippen molar-refractivity contribution in [3.63, 3.8) is 0 Å². The number of nitrogens with two attached hydrogens (primary N) is 2. The van der Waals surface area contributed by atoms with Gasteiger partial charge in [0.05, 0.1) is 5.54 Å². The van der Waals surface area contributed by atoms with Crippen LogP contribution >= 0.6 is 0 Å². The minimum atomic E-state index is -1.71. The lowest BCUT2D eigenvalue weighted by molar-refractivity contribution is 0.184. The van der Waals surface area contributed by atoms with E-state index in [1.54, 1.807) is 0 Å². The van der Waals surface area contributed by atoms with Gasteiger partial charge in [-0.1, -0.05) is 20.8 Å². The van der Waals surface area contributed by atoms with Crippen molar-refractivity contribution in [2.45, 2.75) is 90.6 Å². The third kappa shape index (κ3) is 6.30. The summed E-state index contributed by atoms with van der Waals surface area (Å²) >= 11 is 0. The van der Waals surface area contributed by atoms with Gasteiger partial charge in [0.15, 0.2) is 8.32 Å². The molecule has 0 heterocycles. The second-order valence-electron chi connectivity index (χ2n) is 9.36. The Labute approximate surface area is 143 Å². The molecule has 1 aliphatic rings. The Morgan fingerprint density at radius 3 is 2.13 bits per heavy atom. The number of hydrogen-bond acceptors (Lipinski definition) is 3. The van der Waals surface area contributed by atoms with Gasteiger partial charge in [0.1, 0.15) is 5.84 Å². The molecule has 1 aliphatic carbocycles. The Kier molecular flexibility index (Phi) is 6.13. The number of rotatable bonds is 4. The van der Waals surface area contributed by atoms with Crippen LogP contribution in [0.4, 0.5) is 0 Å². The topological polar surface area (TPSA) is 73.6 Å². The summed E-state index contributed by atoms with van der Waals surface area (Å²) < 4.78 is 6.52. The second kappa shape index (κ2) is 6.97. The Bertz CT molecular complexity index is 470. The Morgan fingerprint density at radius 1 is 1.09 bits per heavy atom. The van der Waals surface area contributed by atoms with Gasteiger partial charge in [0, 0.05) is 17.7 Å². The first-order chi connectivity index (χ1) is 10.2. The molecule has 23 heavy (non-hydrogen) atoms. The zero-order valence-corrected chi connectivity index (χ0v) is 17.4. The lowest BCUT2D eigenvalue weighted by Gasteiger charge is -2.38. The van der Waals surface area contributed by atoms with Crippen molar-refractivity contribution in [2.75, 3.05) is 0 Å². The molecule has 0 aromatic rings. The van der Waals surface area contributed by atoms with Crippen molar-refractivity contribution in [1.29, 1.82) is 0 Å². The summed E-state index contributed by atoms with van der Waals surface area (Å²) in [5, 5.41) is 0.246. The first-order valence-electron chi connectivity index (χ1n) is 8.71. The van der Waals surface area contributed by atoms with Crippen molar-refractivity contribution in [2.24, 2.45) is 22.4 Å². The Morgan fingerprint density at radius 2 is 1.65 bits per heavy atom. The van der Waals surface area contributed by atoms with Crippen LogP contribution in [0.3, 0.4) is 0 Å². The van der Waals surface area contributed by atoms with E-state index in [2.05, 4.69) is 38.9 Å². The van der Waals surface area contributed by atoms with E-state index in [0.717, 1.165) is 25.0 Å². The number of allylic oxidation sites excluding steroid dienone is 1. The Hall–Kier alpha value is -0.813. The minimum absolute atomic E-state index is 0.176. The first-order valence-corrected chi connectivity index (χ1v) is 11.6. The van der Waals surface area contributed by atoms with Gasteiger partial charge in [-0.3, -0.25) is 4.99 Å². The molecule has 5 heteroatoms. The average molecular weight is 340 g/mol. The molecule has 1 rings (SSSR count). The second-order valence-corrected chi connectivity index (χ2v) is 14.1. The fraction of sp³-hybridized carbons (Fsp3) is 0.833. The van der Waals surface area contributed by atoms with Gasteiger partial charge in [0.2, 0.25) is 0 Å². The maximum atomic E-state index is 6.52. The van der Waals surface area contributed by atoms with E-state index in [9.17, 15) is 0 Å². The third-order valence-electron chi connectivity index (χ3n) is 4.90. The highest BCUT2D eigenvalue weighted by Gasteiger charge is 2.41. The predicted octanol–water partition coefficient (Wildman–Crippen LogP) is 4.18. The predicted molar refractivity (Wildman–Crippen MR) is 103 cm³/mol. The van der Waals surface area contributed by atoms with E-state index in [0.29, 0.717) is 17.9 Å². The van der Waals surface area contributed by atoms with Crippen molar-refractivity contribution < 1.29 is 4.43 Å². The van der Waals surface area contributed by atoms with Crippen LogP contribution < -0.4 is 11.5 Å². The summed E-state index contributed by atoms with van der Waals surface area (Å²) in [7, 11) is -1.71. The van der Waals surface area contributed by atoms with Crippen molar-refractivity contribution in [3.05, 3.63) is 11.8 Å². The quantitative estimate of drug-likeness (QED) is 0.458. The summed E-state index contributed by atoms with van der Waals surface area (Å²) in [6, 6.07) is 0. The van der Waals surface area contributed by atoms with E-state index >= 15 is 0 Å². The summed E-state index contributed by atoms with van der Waals surface area (Å²) in [5.41, 5.74) is 12.9. The van der Waals surface area contributed by atoms with E-state index in [1.165, 1.54) is 0 Å². The monoisotopic (exact) mass is 339 g/mol. The molecule has 0 aromatic carbocycles. The van der Waals surface area contributed by atoms with Crippen LogP contribution in [0, 0.1) is 5.92 Å².